The van der Waals surface area contributed by atoms with Crippen molar-refractivity contribution in [2.75, 3.05) is 5.32 Å². The molecule has 6 rings (SSSR count). The molecule has 2 heterocycles. The molecule has 1 aliphatic carbocycles. The summed E-state index contributed by atoms with van der Waals surface area (Å²) in [4.78, 5) is 18.2. The lowest BCUT2D eigenvalue weighted by atomic mass is 9.77. The number of hydrogen-bond acceptors (Lipinski definition) is 4. The molecule has 1 saturated carbocycles. The molecule has 36 heavy (non-hydrogen) atoms. The zero-order chi connectivity index (χ0) is 24.7. The maximum absolute atomic E-state index is 13.5. The van der Waals surface area contributed by atoms with Gasteiger partial charge in [0, 0.05) is 11.3 Å². The van der Waals surface area contributed by atoms with E-state index in [1.54, 1.807) is 6.20 Å². The predicted molar refractivity (Wildman–Crippen MR) is 142 cm³/mol. The van der Waals surface area contributed by atoms with Gasteiger partial charge in [0.1, 0.15) is 5.52 Å². The summed E-state index contributed by atoms with van der Waals surface area (Å²) in [6.07, 6.45) is 5.62. The highest BCUT2D eigenvalue weighted by molar-refractivity contribution is 5.99. The van der Waals surface area contributed by atoms with Gasteiger partial charge in [-0.25, -0.2) is 4.98 Å². The number of rotatable bonds is 5. The summed E-state index contributed by atoms with van der Waals surface area (Å²) >= 11 is 0. The van der Waals surface area contributed by atoms with E-state index in [2.05, 4.69) is 46.7 Å². The lowest BCUT2D eigenvalue weighted by Crippen LogP contribution is -2.38. The predicted octanol–water partition coefficient (Wildman–Crippen LogP) is 6.95. The Kier molecular flexibility index (Phi) is 5.44. The molecule has 2 N–H and O–H groups in total. The van der Waals surface area contributed by atoms with E-state index in [0.29, 0.717) is 5.89 Å². The van der Waals surface area contributed by atoms with Crippen LogP contribution >= 0.6 is 0 Å². The van der Waals surface area contributed by atoms with Crippen LogP contribution < -0.4 is 5.32 Å². The Morgan fingerprint density at radius 3 is 2.44 bits per heavy atom. The molecule has 0 spiro atoms. The van der Waals surface area contributed by atoms with Crippen LogP contribution in [0.5, 0.6) is 0 Å². The lowest BCUT2D eigenvalue weighted by molar-refractivity contribution is -0.121. The van der Waals surface area contributed by atoms with Gasteiger partial charge >= 0.3 is 0 Å². The maximum atomic E-state index is 13.5. The van der Waals surface area contributed by atoms with Crippen LogP contribution in [0.15, 0.2) is 77.3 Å². The smallest absolute Gasteiger partial charge is 0.235 e. The van der Waals surface area contributed by atoms with Crippen LogP contribution in [0.2, 0.25) is 0 Å². The van der Waals surface area contributed by atoms with Gasteiger partial charge in [0.05, 0.1) is 22.9 Å². The van der Waals surface area contributed by atoms with E-state index in [1.165, 1.54) is 5.56 Å². The SMILES string of the molecule is Cc1ccc(C2(C(=O)Nc3ccc(-c4[nH]ncc4-c4nc5c(C)cccc5o4)cc3)CCCC2)cc1. The van der Waals surface area contributed by atoms with Gasteiger partial charge in [-0.15, -0.1) is 0 Å². The molecular weight excluding hydrogens is 448 g/mol. The van der Waals surface area contributed by atoms with Crippen LogP contribution in [0.3, 0.4) is 0 Å². The molecule has 0 saturated heterocycles. The highest BCUT2D eigenvalue weighted by Gasteiger charge is 2.42. The number of aromatic nitrogens is 3. The molecule has 0 radical (unpaired) electrons. The van der Waals surface area contributed by atoms with E-state index in [1.807, 2.05) is 49.4 Å². The van der Waals surface area contributed by atoms with E-state index in [-0.39, 0.29) is 5.91 Å². The number of aromatic amines is 1. The summed E-state index contributed by atoms with van der Waals surface area (Å²) in [5.74, 6) is 0.599. The Hall–Kier alpha value is -4.19. The van der Waals surface area contributed by atoms with Crippen molar-refractivity contribution in [2.45, 2.75) is 44.9 Å². The summed E-state index contributed by atoms with van der Waals surface area (Å²) in [5, 5.41) is 10.5. The van der Waals surface area contributed by atoms with Gasteiger partial charge < -0.3 is 9.73 Å². The van der Waals surface area contributed by atoms with Crippen molar-refractivity contribution in [3.63, 3.8) is 0 Å². The van der Waals surface area contributed by atoms with Crippen LogP contribution in [0.4, 0.5) is 5.69 Å². The summed E-state index contributed by atoms with van der Waals surface area (Å²) in [6.45, 7) is 4.09. The number of hydrogen-bond donors (Lipinski definition) is 2. The molecule has 6 heteroatoms. The zero-order valence-corrected chi connectivity index (χ0v) is 20.5. The summed E-state index contributed by atoms with van der Waals surface area (Å²) in [7, 11) is 0. The number of amides is 1. The van der Waals surface area contributed by atoms with Gasteiger partial charge in [0.25, 0.3) is 0 Å². The molecule has 6 nitrogen and oxygen atoms in total. The van der Waals surface area contributed by atoms with E-state index < -0.39 is 5.41 Å². The third-order valence-corrected chi connectivity index (χ3v) is 7.42. The molecule has 0 aliphatic heterocycles. The highest BCUT2D eigenvalue weighted by atomic mass is 16.3. The molecular formula is C30H28N4O2. The number of benzene rings is 3. The third kappa shape index (κ3) is 3.79. The number of oxazole rings is 1. The van der Waals surface area contributed by atoms with Gasteiger partial charge in [0.15, 0.2) is 5.58 Å². The largest absolute Gasteiger partial charge is 0.436 e. The van der Waals surface area contributed by atoms with Crippen LogP contribution in [-0.2, 0) is 10.2 Å². The lowest BCUT2D eigenvalue weighted by Gasteiger charge is -2.28. The normalized spacial score (nSPS) is 14.8. The molecule has 3 aromatic carbocycles. The Morgan fingerprint density at radius 2 is 1.72 bits per heavy atom. The van der Waals surface area contributed by atoms with Crippen LogP contribution in [0.25, 0.3) is 33.8 Å². The number of carbonyl (C=O) groups excluding carboxylic acids is 1. The minimum absolute atomic E-state index is 0.0701. The van der Waals surface area contributed by atoms with Crippen LogP contribution in [0.1, 0.15) is 42.4 Å². The highest BCUT2D eigenvalue weighted by Crippen LogP contribution is 2.42. The van der Waals surface area contributed by atoms with Crippen molar-refractivity contribution >= 4 is 22.7 Å². The number of nitrogens with zero attached hydrogens (tertiary/aromatic N) is 2. The quantitative estimate of drug-likeness (QED) is 0.287. The molecule has 0 bridgehead atoms. The number of aryl methyl sites for hydroxylation is 2. The monoisotopic (exact) mass is 476 g/mol. The molecule has 1 fully saturated rings. The number of anilines is 1. The maximum Gasteiger partial charge on any atom is 0.235 e. The average Bonchev–Trinajstić information content (AvgIpc) is 3.65. The second kappa shape index (κ2) is 8.79. The van der Waals surface area contributed by atoms with Gasteiger partial charge in [-0.1, -0.05) is 66.9 Å². The Morgan fingerprint density at radius 1 is 0.972 bits per heavy atom. The van der Waals surface area contributed by atoms with Crippen molar-refractivity contribution < 1.29 is 9.21 Å². The molecule has 1 aliphatic rings. The van der Waals surface area contributed by atoms with Crippen LogP contribution in [0, 0.1) is 13.8 Å². The number of nitrogens with one attached hydrogen (secondary N) is 2. The molecule has 5 aromatic rings. The Labute approximate surface area is 209 Å². The topological polar surface area (TPSA) is 83.8 Å². The first-order valence-electron chi connectivity index (χ1n) is 12.4. The second-order valence-electron chi connectivity index (χ2n) is 9.79. The second-order valence-corrected chi connectivity index (χ2v) is 9.79. The number of H-pyrrole nitrogens is 1. The van der Waals surface area contributed by atoms with E-state index >= 15 is 0 Å². The first-order chi connectivity index (χ1) is 17.5. The number of carbonyl (C=O) groups is 1. The van der Waals surface area contributed by atoms with Gasteiger partial charge in [0.2, 0.25) is 11.8 Å². The van der Waals surface area contributed by atoms with Gasteiger partial charge in [-0.2, -0.15) is 5.10 Å². The number of para-hydroxylation sites is 1. The van der Waals surface area contributed by atoms with Gasteiger partial charge in [-0.05, 0) is 56.0 Å². The fourth-order valence-corrected chi connectivity index (χ4v) is 5.34. The van der Waals surface area contributed by atoms with E-state index in [4.69, 9.17) is 9.40 Å². The molecule has 0 unspecified atom stereocenters. The molecule has 2 aromatic heterocycles. The Bertz CT molecular complexity index is 1540. The fraction of sp³-hybridized carbons (Fsp3) is 0.233. The van der Waals surface area contributed by atoms with Crippen molar-refractivity contribution in [3.8, 4) is 22.7 Å². The summed E-state index contributed by atoms with van der Waals surface area (Å²) < 4.78 is 6.02. The summed E-state index contributed by atoms with van der Waals surface area (Å²) in [5.41, 5.74) is 7.86. The average molecular weight is 477 g/mol. The zero-order valence-electron chi connectivity index (χ0n) is 20.5. The minimum Gasteiger partial charge on any atom is -0.436 e. The van der Waals surface area contributed by atoms with E-state index in [9.17, 15) is 4.79 Å². The molecule has 1 amide bonds. The van der Waals surface area contributed by atoms with Crippen LogP contribution in [-0.4, -0.2) is 21.1 Å². The van der Waals surface area contributed by atoms with Crippen molar-refractivity contribution in [3.05, 3.63) is 89.6 Å². The van der Waals surface area contributed by atoms with Crippen molar-refractivity contribution in [2.24, 2.45) is 0 Å². The molecule has 0 atom stereocenters. The van der Waals surface area contributed by atoms with Gasteiger partial charge in [-0.3, -0.25) is 9.89 Å². The summed E-state index contributed by atoms with van der Waals surface area (Å²) in [6, 6.07) is 22.1. The molecule has 180 valence electrons. The third-order valence-electron chi connectivity index (χ3n) is 7.42. The van der Waals surface area contributed by atoms with E-state index in [0.717, 1.165) is 70.4 Å². The first kappa shape index (κ1) is 22.3. The fourth-order valence-electron chi connectivity index (χ4n) is 5.34. The van der Waals surface area contributed by atoms with Crippen molar-refractivity contribution in [1.82, 2.24) is 15.2 Å². The van der Waals surface area contributed by atoms with Crippen molar-refractivity contribution in [1.29, 1.82) is 0 Å². The Balaban J connectivity index is 1.26. The first-order valence-corrected chi connectivity index (χ1v) is 12.4. The number of fused-ring (bicyclic) bond motifs is 1. The standard InChI is InChI=1S/C30H28N4O2/c1-19-8-12-22(13-9-19)30(16-3-4-17-30)29(35)32-23-14-10-21(11-15-23)27-24(18-31-34-27)28-33-26-20(2)6-5-7-25(26)36-28/h5-15,18H,3-4,16-17H2,1-2H3,(H,31,34)(H,32,35). The minimum atomic E-state index is -0.464.